The molecule has 1 aromatic heterocycles. The molecular weight excluding hydrogens is 234 g/mol. The van der Waals surface area contributed by atoms with Crippen molar-refractivity contribution in [3.63, 3.8) is 0 Å². The normalized spacial score (nSPS) is 24.0. The Balaban J connectivity index is 2.30. The second kappa shape index (κ2) is 4.81. The summed E-state index contributed by atoms with van der Waals surface area (Å²) in [4.78, 5) is 17.1. The zero-order chi connectivity index (χ0) is 13.3. The molecule has 0 radical (unpaired) electrons. The minimum Gasteiger partial charge on any atom is -0.478 e. The summed E-state index contributed by atoms with van der Waals surface area (Å²) >= 11 is 0. The first-order valence-electron chi connectivity index (χ1n) is 5.91. The summed E-state index contributed by atoms with van der Waals surface area (Å²) < 4.78 is 0. The van der Waals surface area contributed by atoms with Gasteiger partial charge in [-0.05, 0) is 18.4 Å². The van der Waals surface area contributed by atoms with Gasteiger partial charge in [-0.1, -0.05) is 6.92 Å². The number of carbonyl (C=O) groups is 1. The Labute approximate surface area is 105 Å². The van der Waals surface area contributed by atoms with Gasteiger partial charge in [0.1, 0.15) is 5.82 Å². The minimum absolute atomic E-state index is 0.109. The molecule has 1 aliphatic heterocycles. The van der Waals surface area contributed by atoms with Gasteiger partial charge in [-0.15, -0.1) is 0 Å². The molecule has 4 N–H and O–H groups in total. The van der Waals surface area contributed by atoms with Crippen LogP contribution in [0.2, 0.25) is 0 Å². The van der Waals surface area contributed by atoms with Crippen LogP contribution in [0.15, 0.2) is 12.3 Å². The average Bonchev–Trinajstić information content (AvgIpc) is 2.32. The summed E-state index contributed by atoms with van der Waals surface area (Å²) in [5.41, 5.74) is 6.23. The second-order valence-electron chi connectivity index (χ2n) is 4.71. The fourth-order valence-electron chi connectivity index (χ4n) is 2.24. The molecule has 1 saturated heterocycles. The van der Waals surface area contributed by atoms with Crippen molar-refractivity contribution in [2.24, 2.45) is 5.92 Å². The predicted molar refractivity (Wildman–Crippen MR) is 67.6 cm³/mol. The molecule has 2 rings (SSSR count). The van der Waals surface area contributed by atoms with Crippen molar-refractivity contribution in [2.75, 3.05) is 23.7 Å². The summed E-state index contributed by atoms with van der Waals surface area (Å²) in [5, 5.41) is 18.9. The first kappa shape index (κ1) is 12.6. The molecule has 0 bridgehead atoms. The molecule has 0 aromatic carbocycles. The molecule has 0 spiro atoms. The Morgan fingerprint density at radius 3 is 2.94 bits per heavy atom. The fraction of sp³-hybridized carbons (Fsp3) is 0.500. The van der Waals surface area contributed by atoms with Crippen molar-refractivity contribution in [3.05, 3.63) is 17.8 Å². The lowest BCUT2D eigenvalue weighted by molar-refractivity contribution is 0.0696. The molecule has 2 unspecified atom stereocenters. The van der Waals surface area contributed by atoms with Crippen molar-refractivity contribution >= 4 is 17.5 Å². The largest absolute Gasteiger partial charge is 0.478 e. The number of carboxylic acid groups (broad SMARTS) is 1. The van der Waals surface area contributed by atoms with Gasteiger partial charge in [0.05, 0.1) is 23.6 Å². The van der Waals surface area contributed by atoms with Crippen LogP contribution < -0.4 is 10.6 Å². The third-order valence-corrected chi connectivity index (χ3v) is 3.34. The van der Waals surface area contributed by atoms with Gasteiger partial charge in [0.15, 0.2) is 0 Å². The minimum atomic E-state index is -1.02. The smallest absolute Gasteiger partial charge is 0.338 e. The maximum absolute atomic E-state index is 11.2. The number of aliphatic hydroxyl groups is 1. The highest BCUT2D eigenvalue weighted by molar-refractivity contribution is 5.95. The van der Waals surface area contributed by atoms with E-state index in [0.29, 0.717) is 25.2 Å². The van der Waals surface area contributed by atoms with Crippen LogP contribution in [0.3, 0.4) is 0 Å². The SMILES string of the molecule is CC1CN(c2cnc(N)cc2C(=O)O)CCC1O. The Hall–Kier alpha value is -1.82. The molecule has 2 heterocycles. The Morgan fingerprint density at radius 1 is 1.61 bits per heavy atom. The number of nitrogen functional groups attached to an aromatic ring is 1. The Morgan fingerprint density at radius 2 is 2.33 bits per heavy atom. The van der Waals surface area contributed by atoms with Crippen LogP contribution in [-0.2, 0) is 0 Å². The van der Waals surface area contributed by atoms with Crippen molar-refractivity contribution in [3.8, 4) is 0 Å². The maximum Gasteiger partial charge on any atom is 0.338 e. The van der Waals surface area contributed by atoms with E-state index < -0.39 is 5.97 Å². The first-order chi connectivity index (χ1) is 8.49. The zero-order valence-electron chi connectivity index (χ0n) is 10.2. The molecule has 0 aliphatic carbocycles. The van der Waals surface area contributed by atoms with Gasteiger partial charge < -0.3 is 20.8 Å². The monoisotopic (exact) mass is 251 g/mol. The van der Waals surface area contributed by atoms with Gasteiger partial charge in [-0.25, -0.2) is 9.78 Å². The molecule has 18 heavy (non-hydrogen) atoms. The van der Waals surface area contributed by atoms with Crippen molar-refractivity contribution in [1.82, 2.24) is 4.98 Å². The lowest BCUT2D eigenvalue weighted by Crippen LogP contribution is -2.42. The number of piperidine rings is 1. The van der Waals surface area contributed by atoms with E-state index >= 15 is 0 Å². The number of hydrogen-bond donors (Lipinski definition) is 3. The number of nitrogens with two attached hydrogens (primary N) is 1. The number of hydrogen-bond acceptors (Lipinski definition) is 5. The highest BCUT2D eigenvalue weighted by Crippen LogP contribution is 2.26. The van der Waals surface area contributed by atoms with Crippen LogP contribution in [-0.4, -0.2) is 40.4 Å². The molecule has 1 aromatic rings. The van der Waals surface area contributed by atoms with Gasteiger partial charge in [-0.2, -0.15) is 0 Å². The third kappa shape index (κ3) is 2.38. The molecule has 98 valence electrons. The highest BCUT2D eigenvalue weighted by Gasteiger charge is 2.27. The van der Waals surface area contributed by atoms with E-state index in [1.54, 1.807) is 0 Å². The van der Waals surface area contributed by atoms with E-state index in [-0.39, 0.29) is 23.4 Å². The van der Waals surface area contributed by atoms with Crippen LogP contribution >= 0.6 is 0 Å². The third-order valence-electron chi connectivity index (χ3n) is 3.34. The van der Waals surface area contributed by atoms with E-state index in [4.69, 9.17) is 5.73 Å². The van der Waals surface area contributed by atoms with Gasteiger partial charge in [0.2, 0.25) is 0 Å². The van der Waals surface area contributed by atoms with Crippen molar-refractivity contribution in [1.29, 1.82) is 0 Å². The van der Waals surface area contributed by atoms with Crippen LogP contribution in [0.5, 0.6) is 0 Å². The van der Waals surface area contributed by atoms with Crippen LogP contribution in [0, 0.1) is 5.92 Å². The Kier molecular flexibility index (Phi) is 3.38. The number of pyridine rings is 1. The van der Waals surface area contributed by atoms with Crippen LogP contribution in [0.1, 0.15) is 23.7 Å². The van der Waals surface area contributed by atoms with E-state index in [9.17, 15) is 15.0 Å². The zero-order valence-corrected chi connectivity index (χ0v) is 10.2. The quantitative estimate of drug-likeness (QED) is 0.710. The average molecular weight is 251 g/mol. The van der Waals surface area contributed by atoms with E-state index in [2.05, 4.69) is 4.98 Å². The van der Waals surface area contributed by atoms with Crippen LogP contribution in [0.4, 0.5) is 11.5 Å². The highest BCUT2D eigenvalue weighted by atomic mass is 16.4. The number of aromatic carboxylic acids is 1. The number of nitrogens with zero attached hydrogens (tertiary/aromatic N) is 2. The molecule has 2 atom stereocenters. The maximum atomic E-state index is 11.2. The number of anilines is 2. The predicted octanol–water partition coefficient (Wildman–Crippen LogP) is 0.569. The molecule has 0 saturated carbocycles. The van der Waals surface area contributed by atoms with E-state index in [1.165, 1.54) is 12.3 Å². The standard InChI is InChI=1S/C12H17N3O3/c1-7-6-15(3-2-10(7)16)9-5-14-11(13)4-8(9)12(17)18/h4-5,7,10,16H,2-3,6H2,1H3,(H2,13,14)(H,17,18). The lowest BCUT2D eigenvalue weighted by Gasteiger charge is -2.36. The molecule has 1 aliphatic rings. The van der Waals surface area contributed by atoms with Gasteiger partial charge in [0.25, 0.3) is 0 Å². The summed E-state index contributed by atoms with van der Waals surface area (Å²) in [6, 6.07) is 1.37. The topological polar surface area (TPSA) is 99.7 Å². The number of aromatic nitrogens is 1. The lowest BCUT2D eigenvalue weighted by atomic mass is 9.96. The summed E-state index contributed by atoms with van der Waals surface area (Å²) in [6.45, 7) is 3.19. The first-order valence-corrected chi connectivity index (χ1v) is 5.91. The number of rotatable bonds is 2. The summed E-state index contributed by atoms with van der Waals surface area (Å²) in [5.74, 6) is -0.711. The van der Waals surface area contributed by atoms with E-state index in [0.717, 1.165) is 0 Å². The van der Waals surface area contributed by atoms with Gasteiger partial charge in [-0.3, -0.25) is 0 Å². The summed E-state index contributed by atoms with van der Waals surface area (Å²) in [6.07, 6.45) is 1.80. The van der Waals surface area contributed by atoms with Crippen molar-refractivity contribution in [2.45, 2.75) is 19.4 Å². The molecule has 6 nitrogen and oxygen atoms in total. The van der Waals surface area contributed by atoms with Crippen molar-refractivity contribution < 1.29 is 15.0 Å². The molecule has 1 fully saturated rings. The van der Waals surface area contributed by atoms with E-state index in [1.807, 2.05) is 11.8 Å². The number of carboxylic acids is 1. The molecular formula is C12H17N3O3. The number of aliphatic hydroxyl groups excluding tert-OH is 1. The van der Waals surface area contributed by atoms with Crippen LogP contribution in [0.25, 0.3) is 0 Å². The fourth-order valence-corrected chi connectivity index (χ4v) is 2.24. The Bertz CT molecular complexity index is 464. The van der Waals surface area contributed by atoms with Gasteiger partial charge in [0, 0.05) is 13.1 Å². The second-order valence-corrected chi connectivity index (χ2v) is 4.71. The summed E-state index contributed by atoms with van der Waals surface area (Å²) in [7, 11) is 0. The van der Waals surface area contributed by atoms with Gasteiger partial charge >= 0.3 is 5.97 Å². The molecule has 0 amide bonds. The molecule has 6 heteroatoms.